The van der Waals surface area contributed by atoms with Crippen LogP contribution in [-0.2, 0) is 9.53 Å². The van der Waals surface area contributed by atoms with Crippen molar-refractivity contribution in [2.75, 3.05) is 6.61 Å². The summed E-state index contributed by atoms with van der Waals surface area (Å²) in [5, 5.41) is 15.7. The number of fused-ring (bicyclic) bond motifs is 1. The summed E-state index contributed by atoms with van der Waals surface area (Å²) >= 11 is 5.72. The van der Waals surface area contributed by atoms with Crippen LogP contribution in [-0.4, -0.2) is 23.4 Å². The average Bonchev–Trinajstić information content (AvgIpc) is 2.71. The predicted octanol–water partition coefficient (Wildman–Crippen LogP) is 4.44. The molecule has 0 aliphatic carbocycles. The summed E-state index contributed by atoms with van der Waals surface area (Å²) in [5.74, 6) is -1.33. The summed E-state index contributed by atoms with van der Waals surface area (Å²) in [6, 6.07) is 16.9. The molecule has 1 amide bonds. The average molecular weight is 413 g/mol. The molecule has 148 valence electrons. The van der Waals surface area contributed by atoms with Crippen molar-refractivity contribution in [1.82, 2.24) is 5.32 Å². The summed E-state index contributed by atoms with van der Waals surface area (Å²) in [5.41, 5.74) is 0.474. The number of carbonyl (C=O) groups is 2. The van der Waals surface area contributed by atoms with E-state index in [2.05, 4.69) is 5.32 Å². The normalized spacial score (nSPS) is 11.7. The first-order valence-corrected chi connectivity index (χ1v) is 9.12. The number of rotatable bonds is 6. The summed E-state index contributed by atoms with van der Waals surface area (Å²) < 4.78 is 4.97. The molecule has 0 aromatic heterocycles. The lowest BCUT2D eigenvalue weighted by atomic mass is 10.00. The van der Waals surface area contributed by atoms with Crippen molar-refractivity contribution in [2.24, 2.45) is 0 Å². The highest BCUT2D eigenvalue weighted by Crippen LogP contribution is 2.26. The molecule has 0 saturated heterocycles. The Morgan fingerprint density at radius 3 is 2.62 bits per heavy atom. The van der Waals surface area contributed by atoms with Crippen LogP contribution in [0.3, 0.4) is 0 Å². The highest BCUT2D eigenvalue weighted by molar-refractivity contribution is 6.32. The van der Waals surface area contributed by atoms with Crippen molar-refractivity contribution < 1.29 is 19.2 Å². The third-order valence-corrected chi connectivity index (χ3v) is 4.70. The molecule has 0 unspecified atom stereocenters. The van der Waals surface area contributed by atoms with Crippen LogP contribution in [0.4, 0.5) is 5.69 Å². The van der Waals surface area contributed by atoms with Crippen molar-refractivity contribution in [1.29, 1.82) is 0 Å². The van der Waals surface area contributed by atoms with Crippen molar-refractivity contribution in [3.8, 4) is 0 Å². The molecule has 0 bridgehead atoms. The predicted molar refractivity (Wildman–Crippen MR) is 109 cm³/mol. The van der Waals surface area contributed by atoms with Crippen LogP contribution < -0.4 is 5.32 Å². The van der Waals surface area contributed by atoms with Crippen LogP contribution in [0.25, 0.3) is 10.8 Å². The first kappa shape index (κ1) is 20.3. The van der Waals surface area contributed by atoms with Crippen molar-refractivity contribution in [3.63, 3.8) is 0 Å². The van der Waals surface area contributed by atoms with Gasteiger partial charge in [0, 0.05) is 6.07 Å². The van der Waals surface area contributed by atoms with Gasteiger partial charge in [-0.2, -0.15) is 0 Å². The van der Waals surface area contributed by atoms with E-state index in [1.807, 2.05) is 49.4 Å². The zero-order valence-corrected chi connectivity index (χ0v) is 16.2. The van der Waals surface area contributed by atoms with Gasteiger partial charge in [-0.15, -0.1) is 0 Å². The molecule has 8 heteroatoms. The van der Waals surface area contributed by atoms with Crippen LogP contribution in [0.15, 0.2) is 60.7 Å². The number of carbonyl (C=O) groups excluding carboxylic acids is 2. The number of nitro groups is 1. The molecule has 0 aliphatic heterocycles. The Hall–Kier alpha value is -3.45. The molecule has 29 heavy (non-hydrogen) atoms. The number of nitro benzene ring substituents is 1. The summed E-state index contributed by atoms with van der Waals surface area (Å²) in [6.07, 6.45) is 0. The molecule has 7 nitrogen and oxygen atoms in total. The van der Waals surface area contributed by atoms with E-state index >= 15 is 0 Å². The maximum absolute atomic E-state index is 12.2. The maximum atomic E-state index is 12.2. The third-order valence-electron chi connectivity index (χ3n) is 4.38. The SMILES string of the molecule is C[C@H](NC(=O)COC(=O)c1ccc(Cl)c([N+](=O)[O-])c1)c1cccc2ccccc12. The number of esters is 1. The highest BCUT2D eigenvalue weighted by Gasteiger charge is 2.19. The molecule has 0 radical (unpaired) electrons. The Balaban J connectivity index is 1.63. The quantitative estimate of drug-likeness (QED) is 0.366. The molecule has 0 heterocycles. The largest absolute Gasteiger partial charge is 0.452 e. The zero-order valence-electron chi connectivity index (χ0n) is 15.4. The van der Waals surface area contributed by atoms with Gasteiger partial charge >= 0.3 is 5.97 Å². The first-order valence-electron chi connectivity index (χ1n) is 8.75. The first-order chi connectivity index (χ1) is 13.9. The molecule has 0 saturated carbocycles. The van der Waals surface area contributed by atoms with E-state index in [1.165, 1.54) is 12.1 Å². The monoisotopic (exact) mass is 412 g/mol. The second-order valence-corrected chi connectivity index (χ2v) is 6.76. The lowest BCUT2D eigenvalue weighted by molar-refractivity contribution is -0.384. The van der Waals surface area contributed by atoms with Crippen LogP contribution in [0.5, 0.6) is 0 Å². The zero-order chi connectivity index (χ0) is 21.0. The number of hydrogen-bond acceptors (Lipinski definition) is 5. The van der Waals surface area contributed by atoms with Crippen molar-refractivity contribution >= 4 is 39.9 Å². The minimum atomic E-state index is -0.849. The minimum absolute atomic E-state index is 0.0593. The lowest BCUT2D eigenvalue weighted by Crippen LogP contribution is -2.31. The molecule has 0 spiro atoms. The number of nitrogens with one attached hydrogen (secondary N) is 1. The molecule has 0 fully saturated rings. The fourth-order valence-corrected chi connectivity index (χ4v) is 3.17. The Morgan fingerprint density at radius 1 is 1.14 bits per heavy atom. The van der Waals surface area contributed by atoms with Gasteiger partial charge in [-0.1, -0.05) is 54.1 Å². The van der Waals surface area contributed by atoms with E-state index in [-0.39, 0.29) is 16.6 Å². The van der Waals surface area contributed by atoms with Gasteiger partial charge in [-0.05, 0) is 35.4 Å². The molecule has 3 aromatic rings. The lowest BCUT2D eigenvalue weighted by Gasteiger charge is -2.16. The molecule has 1 atom stereocenters. The van der Waals surface area contributed by atoms with Gasteiger partial charge in [-0.25, -0.2) is 4.79 Å². The standard InChI is InChI=1S/C21H17ClN2O5/c1-13(16-8-4-6-14-5-2-3-7-17(14)16)23-20(25)12-29-21(26)15-9-10-18(22)19(11-15)24(27)28/h2-11,13H,12H2,1H3,(H,23,25)/t13-/m0/s1. The second kappa shape index (κ2) is 8.70. The summed E-state index contributed by atoms with van der Waals surface area (Å²) in [6.45, 7) is 1.33. The summed E-state index contributed by atoms with van der Waals surface area (Å²) in [4.78, 5) is 34.5. The van der Waals surface area contributed by atoms with E-state index < -0.39 is 29.1 Å². The molecule has 3 aromatic carbocycles. The van der Waals surface area contributed by atoms with Gasteiger partial charge < -0.3 is 10.1 Å². The second-order valence-electron chi connectivity index (χ2n) is 6.36. The number of nitrogens with zero attached hydrogens (tertiary/aromatic N) is 1. The number of ether oxygens (including phenoxy) is 1. The number of benzene rings is 3. The number of hydrogen-bond donors (Lipinski definition) is 1. The Kier molecular flexibility index (Phi) is 6.09. The van der Waals surface area contributed by atoms with E-state index in [0.29, 0.717) is 0 Å². The van der Waals surface area contributed by atoms with Crippen LogP contribution in [0, 0.1) is 10.1 Å². The van der Waals surface area contributed by atoms with Gasteiger partial charge in [0.25, 0.3) is 11.6 Å². The molecule has 1 N–H and O–H groups in total. The fraction of sp³-hybridized carbons (Fsp3) is 0.143. The van der Waals surface area contributed by atoms with E-state index in [1.54, 1.807) is 0 Å². The maximum Gasteiger partial charge on any atom is 0.338 e. The van der Waals surface area contributed by atoms with Gasteiger partial charge in [-0.3, -0.25) is 14.9 Å². The van der Waals surface area contributed by atoms with Crippen LogP contribution in [0.2, 0.25) is 5.02 Å². The van der Waals surface area contributed by atoms with Gasteiger partial charge in [0.15, 0.2) is 6.61 Å². The van der Waals surface area contributed by atoms with E-state index in [4.69, 9.17) is 16.3 Å². The Labute approximate surface area is 171 Å². The van der Waals surface area contributed by atoms with Crippen molar-refractivity contribution in [3.05, 3.63) is 86.9 Å². The van der Waals surface area contributed by atoms with Crippen molar-refractivity contribution in [2.45, 2.75) is 13.0 Å². The van der Waals surface area contributed by atoms with E-state index in [0.717, 1.165) is 22.4 Å². The van der Waals surface area contributed by atoms with Crippen LogP contribution >= 0.6 is 11.6 Å². The van der Waals surface area contributed by atoms with Gasteiger partial charge in [0.2, 0.25) is 0 Å². The van der Waals surface area contributed by atoms with Gasteiger partial charge in [0.05, 0.1) is 16.5 Å². The smallest absolute Gasteiger partial charge is 0.338 e. The topological polar surface area (TPSA) is 98.5 Å². The molecular formula is C21H17ClN2O5. The molecular weight excluding hydrogens is 396 g/mol. The summed E-state index contributed by atoms with van der Waals surface area (Å²) in [7, 11) is 0. The third kappa shape index (κ3) is 4.70. The highest BCUT2D eigenvalue weighted by atomic mass is 35.5. The molecule has 3 rings (SSSR count). The fourth-order valence-electron chi connectivity index (χ4n) is 2.98. The number of halogens is 1. The Bertz CT molecular complexity index is 1090. The van der Waals surface area contributed by atoms with Gasteiger partial charge in [0.1, 0.15) is 5.02 Å². The van der Waals surface area contributed by atoms with Crippen LogP contribution in [0.1, 0.15) is 28.9 Å². The van der Waals surface area contributed by atoms with E-state index in [9.17, 15) is 19.7 Å². The minimum Gasteiger partial charge on any atom is -0.452 e. The number of amides is 1. The molecule has 0 aliphatic rings. The Morgan fingerprint density at radius 2 is 1.86 bits per heavy atom.